The number of halogens is 3. The number of aliphatic hydroxyl groups excluding tert-OH is 1. The maximum atomic E-state index is 12.9. The second kappa shape index (κ2) is 4.78. The quantitative estimate of drug-likeness (QED) is 0.891. The Morgan fingerprint density at radius 1 is 1.00 bits per heavy atom. The van der Waals surface area contributed by atoms with Crippen LogP contribution in [0.1, 0.15) is 11.3 Å². The molecule has 0 aliphatic heterocycles. The van der Waals surface area contributed by atoms with Gasteiger partial charge in [0.05, 0.1) is 17.9 Å². The summed E-state index contributed by atoms with van der Waals surface area (Å²) in [5.74, 6) is 0. The van der Waals surface area contributed by atoms with E-state index < -0.39 is 18.3 Å². The van der Waals surface area contributed by atoms with Crippen LogP contribution < -0.4 is 0 Å². The van der Waals surface area contributed by atoms with Gasteiger partial charge in [-0.05, 0) is 17.7 Å². The molecule has 2 nitrogen and oxygen atoms in total. The first kappa shape index (κ1) is 12.6. The Morgan fingerprint density at radius 2 is 1.67 bits per heavy atom. The molecule has 5 heteroatoms. The van der Waals surface area contributed by atoms with Gasteiger partial charge in [0.1, 0.15) is 0 Å². The maximum absolute atomic E-state index is 12.9. The van der Waals surface area contributed by atoms with Crippen LogP contribution in [0.15, 0.2) is 42.6 Å². The molecule has 0 radical (unpaired) electrons. The van der Waals surface area contributed by atoms with Crippen LogP contribution in [0.4, 0.5) is 13.2 Å². The van der Waals surface area contributed by atoms with Crippen LogP contribution in [0.25, 0.3) is 11.1 Å². The van der Waals surface area contributed by atoms with Gasteiger partial charge in [-0.25, -0.2) is 0 Å². The van der Waals surface area contributed by atoms with Crippen LogP contribution in [0, 0.1) is 0 Å². The minimum atomic E-state index is -4.43. The van der Waals surface area contributed by atoms with Crippen molar-refractivity contribution in [1.82, 2.24) is 4.98 Å². The molecule has 1 aromatic carbocycles. The minimum Gasteiger partial charge on any atom is -0.390 e. The van der Waals surface area contributed by atoms with Gasteiger partial charge in [0.2, 0.25) is 0 Å². The van der Waals surface area contributed by atoms with Crippen LogP contribution in [-0.4, -0.2) is 10.1 Å². The summed E-state index contributed by atoms with van der Waals surface area (Å²) in [7, 11) is 0. The van der Waals surface area contributed by atoms with E-state index in [0.29, 0.717) is 5.56 Å². The van der Waals surface area contributed by atoms with Crippen molar-refractivity contribution in [2.45, 2.75) is 12.8 Å². The molecular formula is C13H10F3NO. The second-order valence-corrected chi connectivity index (χ2v) is 3.70. The van der Waals surface area contributed by atoms with Gasteiger partial charge in [0.25, 0.3) is 0 Å². The number of hydrogen-bond acceptors (Lipinski definition) is 2. The molecule has 94 valence electrons. The molecule has 0 saturated carbocycles. The number of alkyl halides is 3. The molecule has 0 atom stereocenters. The van der Waals surface area contributed by atoms with E-state index >= 15 is 0 Å². The normalized spacial score (nSPS) is 11.6. The van der Waals surface area contributed by atoms with Crippen molar-refractivity contribution in [3.63, 3.8) is 0 Å². The fourth-order valence-electron chi connectivity index (χ4n) is 1.77. The summed E-state index contributed by atoms with van der Waals surface area (Å²) in [6.07, 6.45) is -3.00. The molecule has 18 heavy (non-hydrogen) atoms. The third-order valence-electron chi connectivity index (χ3n) is 2.56. The third-order valence-corrected chi connectivity index (χ3v) is 2.56. The predicted molar refractivity (Wildman–Crippen MR) is 60.6 cm³/mol. The van der Waals surface area contributed by atoms with Crippen molar-refractivity contribution in [1.29, 1.82) is 0 Å². The zero-order chi connectivity index (χ0) is 13.2. The topological polar surface area (TPSA) is 33.1 Å². The van der Waals surface area contributed by atoms with E-state index in [1.807, 2.05) is 0 Å². The van der Waals surface area contributed by atoms with Crippen molar-refractivity contribution in [3.8, 4) is 11.1 Å². The fraction of sp³-hybridized carbons (Fsp3) is 0.154. The van der Waals surface area contributed by atoms with Gasteiger partial charge in [-0.15, -0.1) is 0 Å². The predicted octanol–water partition coefficient (Wildman–Crippen LogP) is 3.26. The fourth-order valence-corrected chi connectivity index (χ4v) is 1.77. The standard InChI is InChI=1S/C13H10F3NO/c14-13(15,16)11-6-2-1-4-9(11)10-5-3-7-17-12(10)8-18/h1-7,18H,8H2. The van der Waals surface area contributed by atoms with Crippen molar-refractivity contribution in [2.24, 2.45) is 0 Å². The van der Waals surface area contributed by atoms with Gasteiger partial charge in [-0.3, -0.25) is 4.98 Å². The number of aliphatic hydroxyl groups is 1. The monoisotopic (exact) mass is 253 g/mol. The number of aromatic nitrogens is 1. The lowest BCUT2D eigenvalue weighted by molar-refractivity contribution is -0.137. The highest BCUT2D eigenvalue weighted by atomic mass is 19.4. The number of pyridine rings is 1. The molecule has 0 unspecified atom stereocenters. The van der Waals surface area contributed by atoms with Crippen molar-refractivity contribution < 1.29 is 18.3 Å². The van der Waals surface area contributed by atoms with Crippen molar-refractivity contribution >= 4 is 0 Å². The minimum absolute atomic E-state index is 0.0298. The first-order valence-corrected chi connectivity index (χ1v) is 5.25. The Kier molecular flexibility index (Phi) is 3.34. The maximum Gasteiger partial charge on any atom is 0.417 e. The third kappa shape index (κ3) is 2.36. The Balaban J connectivity index is 2.65. The molecule has 0 bridgehead atoms. The van der Waals surface area contributed by atoms with E-state index in [9.17, 15) is 13.2 Å². The largest absolute Gasteiger partial charge is 0.417 e. The second-order valence-electron chi connectivity index (χ2n) is 3.70. The molecule has 0 amide bonds. The molecule has 1 aromatic heterocycles. The Hall–Kier alpha value is -1.88. The van der Waals surface area contributed by atoms with Gasteiger partial charge in [-0.2, -0.15) is 13.2 Å². The lowest BCUT2D eigenvalue weighted by Gasteiger charge is -2.14. The number of benzene rings is 1. The molecule has 0 fully saturated rings. The zero-order valence-electron chi connectivity index (χ0n) is 9.28. The number of rotatable bonds is 2. The highest BCUT2D eigenvalue weighted by Gasteiger charge is 2.33. The molecule has 0 saturated heterocycles. The SMILES string of the molecule is OCc1ncccc1-c1ccccc1C(F)(F)F. The van der Waals surface area contributed by atoms with E-state index in [2.05, 4.69) is 4.98 Å². The van der Waals surface area contributed by atoms with Crippen LogP contribution in [-0.2, 0) is 12.8 Å². The van der Waals surface area contributed by atoms with Crippen LogP contribution >= 0.6 is 0 Å². The Labute approximate surface area is 102 Å². The van der Waals surface area contributed by atoms with Crippen LogP contribution in [0.3, 0.4) is 0 Å². The molecular weight excluding hydrogens is 243 g/mol. The molecule has 2 aromatic rings. The van der Waals surface area contributed by atoms with Gasteiger partial charge < -0.3 is 5.11 Å². The summed E-state index contributed by atoms with van der Waals surface area (Å²) in [6.45, 7) is -0.400. The van der Waals surface area contributed by atoms with E-state index in [-0.39, 0.29) is 11.3 Å². The summed E-state index contributed by atoms with van der Waals surface area (Å²) in [4.78, 5) is 3.88. The van der Waals surface area contributed by atoms with E-state index in [1.54, 1.807) is 6.07 Å². The first-order chi connectivity index (χ1) is 8.54. The Morgan fingerprint density at radius 3 is 2.33 bits per heavy atom. The first-order valence-electron chi connectivity index (χ1n) is 5.25. The lowest BCUT2D eigenvalue weighted by Crippen LogP contribution is -2.08. The summed E-state index contributed by atoms with van der Waals surface area (Å²) in [5.41, 5.74) is -0.169. The van der Waals surface area contributed by atoms with Gasteiger partial charge in [0, 0.05) is 11.8 Å². The molecule has 1 N–H and O–H groups in total. The number of hydrogen-bond donors (Lipinski definition) is 1. The average Bonchev–Trinajstić information content (AvgIpc) is 2.37. The zero-order valence-corrected chi connectivity index (χ0v) is 9.28. The molecule has 0 aliphatic carbocycles. The van der Waals surface area contributed by atoms with Crippen LogP contribution in [0.5, 0.6) is 0 Å². The van der Waals surface area contributed by atoms with Gasteiger partial charge in [0.15, 0.2) is 0 Å². The highest BCUT2D eigenvalue weighted by Crippen LogP contribution is 2.37. The van der Waals surface area contributed by atoms with Crippen molar-refractivity contribution in [2.75, 3.05) is 0 Å². The molecule has 1 heterocycles. The lowest BCUT2D eigenvalue weighted by atomic mass is 9.98. The van der Waals surface area contributed by atoms with Gasteiger partial charge >= 0.3 is 6.18 Å². The summed E-state index contributed by atoms with van der Waals surface area (Å²) in [6, 6.07) is 8.31. The molecule has 0 aliphatic rings. The summed E-state index contributed by atoms with van der Waals surface area (Å²) in [5, 5.41) is 9.13. The summed E-state index contributed by atoms with van der Waals surface area (Å²) >= 11 is 0. The highest BCUT2D eigenvalue weighted by molar-refractivity contribution is 5.69. The average molecular weight is 253 g/mol. The molecule has 0 spiro atoms. The number of nitrogens with zero attached hydrogens (tertiary/aromatic N) is 1. The smallest absolute Gasteiger partial charge is 0.390 e. The summed E-state index contributed by atoms with van der Waals surface area (Å²) < 4.78 is 38.7. The van der Waals surface area contributed by atoms with E-state index in [1.165, 1.54) is 30.5 Å². The van der Waals surface area contributed by atoms with E-state index in [0.717, 1.165) is 6.07 Å². The van der Waals surface area contributed by atoms with Crippen LogP contribution in [0.2, 0.25) is 0 Å². The van der Waals surface area contributed by atoms with E-state index in [4.69, 9.17) is 5.11 Å². The van der Waals surface area contributed by atoms with Crippen molar-refractivity contribution in [3.05, 3.63) is 53.9 Å². The van der Waals surface area contributed by atoms with Gasteiger partial charge in [-0.1, -0.05) is 24.3 Å². The molecule has 2 rings (SSSR count). The Bertz CT molecular complexity index is 552.